The van der Waals surface area contributed by atoms with Crippen LogP contribution in [-0.2, 0) is 24.3 Å². The number of nitrogens with zero attached hydrogens (tertiary/aromatic N) is 3. The third kappa shape index (κ3) is 3.17. The van der Waals surface area contributed by atoms with Crippen LogP contribution in [0.2, 0.25) is 5.15 Å². The fourth-order valence-electron chi connectivity index (χ4n) is 3.82. The van der Waals surface area contributed by atoms with Crippen molar-refractivity contribution in [2.24, 2.45) is 0 Å². The molecular formula is C20H18ClN3O3. The maximum absolute atomic E-state index is 13.0. The summed E-state index contributed by atoms with van der Waals surface area (Å²) in [7, 11) is 0. The Morgan fingerprint density at radius 1 is 1.26 bits per heavy atom. The molecule has 1 N–H and O–H groups in total. The molecule has 0 saturated heterocycles. The molecule has 0 bridgehead atoms. The van der Waals surface area contributed by atoms with E-state index in [2.05, 4.69) is 4.98 Å². The molecule has 6 nitrogen and oxygen atoms in total. The molecule has 0 radical (unpaired) electrons. The number of aliphatic carboxylic acids is 1. The number of halogens is 1. The summed E-state index contributed by atoms with van der Waals surface area (Å²) < 4.78 is 1.85. The number of aryl methyl sites for hydroxylation is 1. The van der Waals surface area contributed by atoms with E-state index >= 15 is 0 Å². The highest BCUT2D eigenvalue weighted by Crippen LogP contribution is 2.31. The van der Waals surface area contributed by atoms with Crippen LogP contribution < -0.4 is 0 Å². The van der Waals surface area contributed by atoms with Crippen molar-refractivity contribution in [2.75, 3.05) is 6.54 Å². The van der Waals surface area contributed by atoms with Crippen molar-refractivity contribution >= 4 is 34.4 Å². The van der Waals surface area contributed by atoms with Gasteiger partial charge in [0.1, 0.15) is 11.7 Å². The Hall–Kier alpha value is -2.86. The lowest BCUT2D eigenvalue weighted by Gasteiger charge is -2.28. The zero-order valence-corrected chi connectivity index (χ0v) is 15.5. The first-order chi connectivity index (χ1) is 12.9. The van der Waals surface area contributed by atoms with Gasteiger partial charge >= 0.3 is 5.97 Å². The van der Waals surface area contributed by atoms with Crippen LogP contribution >= 0.6 is 11.6 Å². The van der Waals surface area contributed by atoms with Crippen molar-refractivity contribution in [2.45, 2.75) is 26.4 Å². The summed E-state index contributed by atoms with van der Waals surface area (Å²) in [6, 6.07) is 11.1. The topological polar surface area (TPSA) is 75.4 Å². The SMILES string of the molecule is Cc1cc(C(=O)N2CCc3c(c4ccccc4n3CC(=O)O)C2)cc(Cl)n1. The summed E-state index contributed by atoms with van der Waals surface area (Å²) in [5.41, 5.74) is 4.11. The predicted molar refractivity (Wildman–Crippen MR) is 102 cm³/mol. The smallest absolute Gasteiger partial charge is 0.323 e. The van der Waals surface area contributed by atoms with Crippen LogP contribution in [0.15, 0.2) is 36.4 Å². The Morgan fingerprint density at radius 3 is 2.78 bits per heavy atom. The van der Waals surface area contributed by atoms with Crippen molar-refractivity contribution in [3.63, 3.8) is 0 Å². The Morgan fingerprint density at radius 2 is 2.04 bits per heavy atom. The quantitative estimate of drug-likeness (QED) is 0.704. The minimum absolute atomic E-state index is 0.0804. The molecule has 7 heteroatoms. The third-order valence-corrected chi connectivity index (χ3v) is 5.10. The Kier molecular flexibility index (Phi) is 4.36. The number of carboxylic acid groups (broad SMARTS) is 1. The van der Waals surface area contributed by atoms with E-state index in [4.69, 9.17) is 11.6 Å². The van der Waals surface area contributed by atoms with Gasteiger partial charge in [0.15, 0.2) is 0 Å². The summed E-state index contributed by atoms with van der Waals surface area (Å²) in [5.74, 6) is -0.970. The van der Waals surface area contributed by atoms with E-state index in [-0.39, 0.29) is 12.5 Å². The highest BCUT2D eigenvalue weighted by molar-refractivity contribution is 6.29. The molecule has 0 spiro atoms. The molecule has 27 heavy (non-hydrogen) atoms. The first-order valence-electron chi connectivity index (χ1n) is 8.68. The lowest BCUT2D eigenvalue weighted by Crippen LogP contribution is -2.36. The third-order valence-electron chi connectivity index (χ3n) is 4.91. The average Bonchev–Trinajstić information content (AvgIpc) is 2.93. The molecule has 4 rings (SSSR count). The van der Waals surface area contributed by atoms with Gasteiger partial charge in [-0.2, -0.15) is 0 Å². The van der Waals surface area contributed by atoms with Crippen LogP contribution in [0.1, 0.15) is 27.3 Å². The summed E-state index contributed by atoms with van der Waals surface area (Å²) in [4.78, 5) is 30.2. The van der Waals surface area contributed by atoms with Crippen molar-refractivity contribution in [1.29, 1.82) is 0 Å². The molecule has 0 saturated carbocycles. The van der Waals surface area contributed by atoms with Gasteiger partial charge in [0, 0.05) is 52.9 Å². The van der Waals surface area contributed by atoms with Crippen LogP contribution in [0.4, 0.5) is 0 Å². The van der Waals surface area contributed by atoms with Crippen LogP contribution in [0.25, 0.3) is 10.9 Å². The average molecular weight is 384 g/mol. The Balaban J connectivity index is 1.73. The molecule has 0 aliphatic carbocycles. The van der Waals surface area contributed by atoms with Crippen LogP contribution in [-0.4, -0.2) is 38.0 Å². The molecular weight excluding hydrogens is 366 g/mol. The Bertz CT molecular complexity index is 1050. The standard InChI is InChI=1S/C20H18ClN3O3/c1-12-8-13(9-18(21)22-12)20(27)23-7-6-17-15(10-23)14-4-2-3-5-16(14)24(17)11-19(25)26/h2-5,8-9H,6-7,10-11H2,1H3,(H,25,26). The van der Waals surface area contributed by atoms with Gasteiger partial charge in [-0.25, -0.2) is 4.98 Å². The normalized spacial score (nSPS) is 13.6. The number of benzene rings is 1. The summed E-state index contributed by atoms with van der Waals surface area (Å²) >= 11 is 6.00. The van der Waals surface area contributed by atoms with E-state index in [0.29, 0.717) is 35.9 Å². The number of rotatable bonds is 3. The molecule has 1 aliphatic heterocycles. The largest absolute Gasteiger partial charge is 0.480 e. The number of aromatic nitrogens is 2. The van der Waals surface area contributed by atoms with Gasteiger partial charge in [-0.1, -0.05) is 29.8 Å². The zero-order valence-electron chi connectivity index (χ0n) is 14.8. The molecule has 3 heterocycles. The van der Waals surface area contributed by atoms with Gasteiger partial charge in [0.2, 0.25) is 0 Å². The highest BCUT2D eigenvalue weighted by atomic mass is 35.5. The lowest BCUT2D eigenvalue weighted by atomic mass is 10.0. The number of carbonyl (C=O) groups is 2. The molecule has 2 aromatic heterocycles. The van der Waals surface area contributed by atoms with Crippen LogP contribution in [0.5, 0.6) is 0 Å². The van der Waals surface area contributed by atoms with E-state index in [1.807, 2.05) is 28.8 Å². The number of pyridine rings is 1. The molecule has 1 amide bonds. The minimum atomic E-state index is -0.876. The molecule has 3 aromatic rings. The lowest BCUT2D eigenvalue weighted by molar-refractivity contribution is -0.137. The van der Waals surface area contributed by atoms with E-state index in [1.165, 1.54) is 0 Å². The highest BCUT2D eigenvalue weighted by Gasteiger charge is 2.27. The fourth-order valence-corrected chi connectivity index (χ4v) is 4.08. The van der Waals surface area contributed by atoms with Crippen molar-refractivity contribution in [1.82, 2.24) is 14.5 Å². The van der Waals surface area contributed by atoms with Crippen LogP contribution in [0, 0.1) is 6.92 Å². The van der Waals surface area contributed by atoms with E-state index in [0.717, 1.165) is 22.2 Å². The van der Waals surface area contributed by atoms with Gasteiger partial charge in [0.05, 0.1) is 0 Å². The summed E-state index contributed by atoms with van der Waals surface area (Å²) in [6.07, 6.45) is 0.612. The second-order valence-corrected chi connectivity index (χ2v) is 7.11. The first-order valence-corrected chi connectivity index (χ1v) is 9.06. The van der Waals surface area contributed by atoms with Crippen LogP contribution in [0.3, 0.4) is 0 Å². The Labute approximate surface area is 161 Å². The number of hydrogen-bond donors (Lipinski definition) is 1. The second kappa shape index (κ2) is 6.70. The first kappa shape index (κ1) is 17.5. The molecule has 0 fully saturated rings. The molecule has 0 unspecified atom stereocenters. The van der Waals surface area contributed by atoms with E-state index in [9.17, 15) is 14.7 Å². The van der Waals surface area contributed by atoms with Crippen molar-refractivity contribution in [3.05, 3.63) is 64.1 Å². The number of carboxylic acids is 1. The predicted octanol–water partition coefficient (Wildman–Crippen LogP) is 3.28. The van der Waals surface area contributed by atoms with E-state index < -0.39 is 5.97 Å². The second-order valence-electron chi connectivity index (χ2n) is 6.72. The summed E-state index contributed by atoms with van der Waals surface area (Å²) in [6.45, 7) is 2.69. The summed E-state index contributed by atoms with van der Waals surface area (Å²) in [5, 5.41) is 10.6. The molecule has 1 aliphatic rings. The van der Waals surface area contributed by atoms with E-state index in [1.54, 1.807) is 24.0 Å². The molecule has 0 atom stereocenters. The van der Waals surface area contributed by atoms with Gasteiger partial charge in [-0.3, -0.25) is 9.59 Å². The molecule has 1 aromatic carbocycles. The number of para-hydroxylation sites is 1. The maximum Gasteiger partial charge on any atom is 0.323 e. The van der Waals surface area contributed by atoms with Gasteiger partial charge in [0.25, 0.3) is 5.91 Å². The number of amides is 1. The number of fused-ring (bicyclic) bond motifs is 3. The van der Waals surface area contributed by atoms with Crippen molar-refractivity contribution in [3.8, 4) is 0 Å². The number of carbonyl (C=O) groups excluding carboxylic acids is 1. The van der Waals surface area contributed by atoms with Gasteiger partial charge in [-0.15, -0.1) is 0 Å². The van der Waals surface area contributed by atoms with Gasteiger partial charge < -0.3 is 14.6 Å². The number of hydrogen-bond acceptors (Lipinski definition) is 3. The maximum atomic E-state index is 13.0. The fraction of sp³-hybridized carbons (Fsp3) is 0.250. The minimum Gasteiger partial charge on any atom is -0.480 e. The molecule has 138 valence electrons. The zero-order chi connectivity index (χ0) is 19.1. The van der Waals surface area contributed by atoms with Crippen molar-refractivity contribution < 1.29 is 14.7 Å². The monoisotopic (exact) mass is 383 g/mol. The van der Waals surface area contributed by atoms with Gasteiger partial charge in [-0.05, 0) is 25.1 Å².